The molecule has 0 bridgehead atoms. The average Bonchev–Trinajstić information content (AvgIpc) is 2.88. The summed E-state index contributed by atoms with van der Waals surface area (Å²) in [5, 5.41) is 9.77. The number of nitrogens with zero attached hydrogens (tertiary/aromatic N) is 1. The van der Waals surface area contributed by atoms with E-state index in [2.05, 4.69) is 34.1 Å². The molecule has 0 atom stereocenters. The molecule has 0 unspecified atom stereocenters. The third kappa shape index (κ3) is 2.69. The van der Waals surface area contributed by atoms with Crippen molar-refractivity contribution < 1.29 is 4.74 Å². The van der Waals surface area contributed by atoms with Crippen LogP contribution in [0.15, 0.2) is 46.9 Å². The molecule has 0 aliphatic heterocycles. The van der Waals surface area contributed by atoms with Gasteiger partial charge in [-0.15, -0.1) is 0 Å². The van der Waals surface area contributed by atoms with E-state index in [-0.39, 0.29) is 5.41 Å². The Labute approximate surface area is 133 Å². The molecule has 0 fully saturated rings. The number of rotatable bonds is 3. The fourth-order valence-electron chi connectivity index (χ4n) is 3.12. The quantitative estimate of drug-likeness (QED) is 0.833. The lowest BCUT2D eigenvalue weighted by Gasteiger charge is -2.21. The molecule has 106 valence electrons. The zero-order chi connectivity index (χ0) is 14.9. The monoisotopic (exact) mass is 341 g/mol. The Morgan fingerprint density at radius 1 is 1.19 bits per heavy atom. The van der Waals surface area contributed by atoms with Gasteiger partial charge in [-0.1, -0.05) is 40.2 Å². The molecular weight excluding hydrogens is 326 g/mol. The van der Waals surface area contributed by atoms with E-state index in [1.54, 1.807) is 7.11 Å². The summed E-state index contributed by atoms with van der Waals surface area (Å²) in [7, 11) is 1.67. The van der Waals surface area contributed by atoms with E-state index >= 15 is 0 Å². The normalized spacial score (nSPS) is 15.3. The van der Waals surface area contributed by atoms with Gasteiger partial charge in [0.25, 0.3) is 0 Å². The van der Waals surface area contributed by atoms with Crippen molar-refractivity contribution in [3.8, 4) is 11.8 Å². The standard InChI is InChI=1S/C18H16BrNO/c1-21-16-6-7-17(19)15(8-16)11-18(12-20)9-13-4-2-3-5-14(13)10-18/h2-8H,9-11H2,1H3. The van der Waals surface area contributed by atoms with Gasteiger partial charge >= 0.3 is 0 Å². The molecule has 0 spiro atoms. The van der Waals surface area contributed by atoms with Gasteiger partial charge in [0.05, 0.1) is 18.6 Å². The summed E-state index contributed by atoms with van der Waals surface area (Å²) in [5.41, 5.74) is 3.39. The van der Waals surface area contributed by atoms with Gasteiger partial charge in [-0.3, -0.25) is 0 Å². The summed E-state index contributed by atoms with van der Waals surface area (Å²) in [6.45, 7) is 0. The maximum atomic E-state index is 9.77. The zero-order valence-corrected chi connectivity index (χ0v) is 13.5. The van der Waals surface area contributed by atoms with E-state index in [4.69, 9.17) is 4.74 Å². The molecule has 3 rings (SSSR count). The highest BCUT2D eigenvalue weighted by Crippen LogP contribution is 2.40. The molecule has 2 aromatic carbocycles. The van der Waals surface area contributed by atoms with Gasteiger partial charge in [0.15, 0.2) is 0 Å². The second-order valence-electron chi connectivity index (χ2n) is 5.65. The van der Waals surface area contributed by atoms with E-state index in [0.717, 1.165) is 35.0 Å². The van der Waals surface area contributed by atoms with Gasteiger partial charge < -0.3 is 4.74 Å². The molecule has 1 aliphatic carbocycles. The Morgan fingerprint density at radius 2 is 1.86 bits per heavy atom. The zero-order valence-electron chi connectivity index (χ0n) is 11.9. The number of hydrogen-bond acceptors (Lipinski definition) is 2. The van der Waals surface area contributed by atoms with Crippen molar-refractivity contribution >= 4 is 15.9 Å². The Bertz CT molecular complexity index is 692. The highest BCUT2D eigenvalue weighted by molar-refractivity contribution is 9.10. The number of benzene rings is 2. The van der Waals surface area contributed by atoms with Crippen molar-refractivity contribution in [1.82, 2.24) is 0 Å². The minimum atomic E-state index is -0.349. The first kappa shape index (κ1) is 14.2. The molecular formula is C18H16BrNO. The summed E-state index contributed by atoms with van der Waals surface area (Å²) in [4.78, 5) is 0. The summed E-state index contributed by atoms with van der Waals surface area (Å²) in [6.07, 6.45) is 2.38. The van der Waals surface area contributed by atoms with Gasteiger partial charge in [-0.2, -0.15) is 5.26 Å². The largest absolute Gasteiger partial charge is 0.497 e. The molecule has 0 saturated carbocycles. The molecule has 0 radical (unpaired) electrons. The van der Waals surface area contributed by atoms with Crippen LogP contribution in [-0.4, -0.2) is 7.11 Å². The predicted molar refractivity (Wildman–Crippen MR) is 86.3 cm³/mol. The molecule has 2 nitrogen and oxygen atoms in total. The van der Waals surface area contributed by atoms with Crippen molar-refractivity contribution in [3.05, 3.63) is 63.6 Å². The smallest absolute Gasteiger partial charge is 0.119 e. The van der Waals surface area contributed by atoms with Crippen molar-refractivity contribution in [2.24, 2.45) is 5.41 Å². The van der Waals surface area contributed by atoms with Gasteiger partial charge in [-0.25, -0.2) is 0 Å². The molecule has 1 aliphatic rings. The molecule has 0 heterocycles. The third-order valence-corrected chi connectivity index (χ3v) is 4.97. The summed E-state index contributed by atoms with van der Waals surface area (Å²) in [6, 6.07) is 16.9. The number of ether oxygens (including phenoxy) is 1. The highest BCUT2D eigenvalue weighted by Gasteiger charge is 2.37. The number of halogens is 1. The first-order valence-electron chi connectivity index (χ1n) is 6.96. The molecule has 0 amide bonds. The summed E-state index contributed by atoms with van der Waals surface area (Å²) in [5.74, 6) is 0.830. The van der Waals surface area contributed by atoms with Crippen LogP contribution in [0.3, 0.4) is 0 Å². The van der Waals surface area contributed by atoms with Crippen molar-refractivity contribution in [2.45, 2.75) is 19.3 Å². The van der Waals surface area contributed by atoms with E-state index in [1.807, 2.05) is 30.3 Å². The highest BCUT2D eigenvalue weighted by atomic mass is 79.9. The molecule has 0 aromatic heterocycles. The van der Waals surface area contributed by atoms with Crippen LogP contribution in [0.4, 0.5) is 0 Å². The fourth-order valence-corrected chi connectivity index (χ4v) is 3.50. The van der Waals surface area contributed by atoms with Crippen LogP contribution in [0.25, 0.3) is 0 Å². The number of hydrogen-bond donors (Lipinski definition) is 0. The fraction of sp³-hybridized carbons (Fsp3) is 0.278. The summed E-state index contributed by atoms with van der Waals surface area (Å²) < 4.78 is 6.33. The van der Waals surface area contributed by atoms with Crippen LogP contribution >= 0.6 is 15.9 Å². The minimum absolute atomic E-state index is 0.349. The lowest BCUT2D eigenvalue weighted by Crippen LogP contribution is -2.22. The van der Waals surface area contributed by atoms with Crippen molar-refractivity contribution in [3.63, 3.8) is 0 Å². The van der Waals surface area contributed by atoms with Crippen LogP contribution < -0.4 is 4.74 Å². The minimum Gasteiger partial charge on any atom is -0.497 e. The second kappa shape index (κ2) is 5.54. The van der Waals surface area contributed by atoms with Crippen LogP contribution in [0.2, 0.25) is 0 Å². The first-order valence-corrected chi connectivity index (χ1v) is 7.75. The topological polar surface area (TPSA) is 33.0 Å². The van der Waals surface area contributed by atoms with E-state index in [0.29, 0.717) is 0 Å². The van der Waals surface area contributed by atoms with Crippen LogP contribution in [0.1, 0.15) is 16.7 Å². The SMILES string of the molecule is COc1ccc(Br)c(CC2(C#N)Cc3ccccc3C2)c1. The lowest BCUT2D eigenvalue weighted by atomic mass is 9.80. The van der Waals surface area contributed by atoms with Gasteiger partial charge in [0, 0.05) is 4.47 Å². The van der Waals surface area contributed by atoms with Crippen LogP contribution in [0, 0.1) is 16.7 Å². The maximum Gasteiger partial charge on any atom is 0.119 e. The van der Waals surface area contributed by atoms with Gasteiger partial charge in [0.2, 0.25) is 0 Å². The Hall–Kier alpha value is -1.79. The van der Waals surface area contributed by atoms with E-state index < -0.39 is 0 Å². The molecule has 0 N–H and O–H groups in total. The Kier molecular flexibility index (Phi) is 3.73. The summed E-state index contributed by atoms with van der Waals surface area (Å²) >= 11 is 3.59. The molecule has 2 aromatic rings. The Morgan fingerprint density at radius 3 is 2.43 bits per heavy atom. The van der Waals surface area contributed by atoms with Gasteiger partial charge in [-0.05, 0) is 54.2 Å². The molecule has 21 heavy (non-hydrogen) atoms. The number of methoxy groups -OCH3 is 1. The lowest BCUT2D eigenvalue weighted by molar-refractivity contribution is 0.405. The average molecular weight is 342 g/mol. The third-order valence-electron chi connectivity index (χ3n) is 4.19. The van der Waals surface area contributed by atoms with E-state index in [9.17, 15) is 5.26 Å². The van der Waals surface area contributed by atoms with E-state index in [1.165, 1.54) is 11.1 Å². The van der Waals surface area contributed by atoms with Gasteiger partial charge in [0.1, 0.15) is 5.75 Å². The Balaban J connectivity index is 1.92. The molecule has 3 heteroatoms. The van der Waals surface area contributed by atoms with Crippen LogP contribution in [-0.2, 0) is 19.3 Å². The molecule has 0 saturated heterocycles. The van der Waals surface area contributed by atoms with Crippen molar-refractivity contribution in [2.75, 3.05) is 7.11 Å². The maximum absolute atomic E-state index is 9.77. The van der Waals surface area contributed by atoms with Crippen molar-refractivity contribution in [1.29, 1.82) is 5.26 Å². The predicted octanol–water partition coefficient (Wildman–Crippen LogP) is 4.31. The van der Waals surface area contributed by atoms with Crippen LogP contribution in [0.5, 0.6) is 5.75 Å². The number of nitriles is 1. The second-order valence-corrected chi connectivity index (χ2v) is 6.50. The first-order chi connectivity index (χ1) is 10.2. The number of fused-ring (bicyclic) bond motifs is 1.